The molecule has 1 aromatic heterocycles. The van der Waals surface area contributed by atoms with Crippen LogP contribution in [-0.2, 0) is 0 Å². The van der Waals surface area contributed by atoms with Gasteiger partial charge in [0.1, 0.15) is 0 Å². The van der Waals surface area contributed by atoms with Crippen molar-refractivity contribution in [1.82, 2.24) is 10.2 Å². The van der Waals surface area contributed by atoms with Gasteiger partial charge in [0.25, 0.3) is 0 Å². The Morgan fingerprint density at radius 1 is 1.40 bits per heavy atom. The summed E-state index contributed by atoms with van der Waals surface area (Å²) in [6, 6.07) is 0. The van der Waals surface area contributed by atoms with Crippen molar-refractivity contribution in [2.45, 2.75) is 35.0 Å². The summed E-state index contributed by atoms with van der Waals surface area (Å²) >= 11 is 3.25. The zero-order valence-electron chi connectivity index (χ0n) is 8.88. The monoisotopic (exact) mass is 245 g/mol. The summed E-state index contributed by atoms with van der Waals surface area (Å²) in [7, 11) is 3.92. The summed E-state index contributed by atoms with van der Waals surface area (Å²) < 4.78 is 0.963. The van der Waals surface area contributed by atoms with Crippen molar-refractivity contribution in [2.75, 3.05) is 19.0 Å². The number of hydrogen-bond donors (Lipinski definition) is 1. The Bertz CT molecular complexity index is 329. The van der Waals surface area contributed by atoms with Crippen LogP contribution in [0.4, 0.5) is 5.13 Å². The number of hydrogen-bond acceptors (Lipinski definition) is 6. The van der Waals surface area contributed by atoms with Crippen molar-refractivity contribution in [2.24, 2.45) is 0 Å². The molecule has 0 aliphatic heterocycles. The van der Waals surface area contributed by atoms with Crippen LogP contribution in [-0.4, -0.2) is 40.8 Å². The van der Waals surface area contributed by atoms with Gasteiger partial charge in [-0.25, -0.2) is 0 Å². The fraction of sp³-hybridized carbons (Fsp3) is 0.778. The molecule has 0 amide bonds. The second-order valence-corrected chi connectivity index (χ2v) is 6.34. The molecule has 84 valence electrons. The van der Waals surface area contributed by atoms with Crippen molar-refractivity contribution >= 4 is 28.2 Å². The smallest absolute Gasteiger partial charge is 0.208 e. The quantitative estimate of drug-likeness (QED) is 0.876. The molecule has 4 nitrogen and oxygen atoms in total. The van der Waals surface area contributed by atoms with Gasteiger partial charge in [-0.15, -0.1) is 10.2 Å². The number of rotatable bonds is 3. The highest BCUT2D eigenvalue weighted by Crippen LogP contribution is 2.37. The lowest BCUT2D eigenvalue weighted by Gasteiger charge is -2.10. The number of aliphatic hydroxyl groups excluding tert-OH is 1. The van der Waals surface area contributed by atoms with Gasteiger partial charge in [-0.2, -0.15) is 0 Å². The van der Waals surface area contributed by atoms with Crippen LogP contribution in [0.5, 0.6) is 0 Å². The SMILES string of the molecule is CN(C)c1nnc(SC2CCCC2O)s1. The minimum Gasteiger partial charge on any atom is -0.392 e. The average molecular weight is 245 g/mol. The van der Waals surface area contributed by atoms with Gasteiger partial charge in [-0.1, -0.05) is 23.1 Å². The zero-order chi connectivity index (χ0) is 10.8. The Kier molecular flexibility index (Phi) is 3.48. The molecule has 1 heterocycles. The molecule has 6 heteroatoms. The van der Waals surface area contributed by atoms with E-state index < -0.39 is 0 Å². The highest BCUT2D eigenvalue weighted by Gasteiger charge is 2.27. The number of nitrogens with zero attached hydrogens (tertiary/aromatic N) is 3. The molecule has 0 bridgehead atoms. The number of aromatic nitrogens is 2. The minimum absolute atomic E-state index is 0.165. The maximum absolute atomic E-state index is 9.69. The van der Waals surface area contributed by atoms with E-state index in [2.05, 4.69) is 10.2 Å². The Morgan fingerprint density at radius 2 is 2.20 bits per heavy atom. The Labute approximate surface area is 97.7 Å². The van der Waals surface area contributed by atoms with E-state index in [9.17, 15) is 5.11 Å². The Hall–Kier alpha value is -0.330. The third kappa shape index (κ3) is 2.62. The minimum atomic E-state index is -0.165. The van der Waals surface area contributed by atoms with Crippen LogP contribution in [0.25, 0.3) is 0 Å². The van der Waals surface area contributed by atoms with Crippen LogP contribution < -0.4 is 4.90 Å². The van der Waals surface area contributed by atoms with Crippen LogP contribution in [0.2, 0.25) is 0 Å². The van der Waals surface area contributed by atoms with Crippen molar-refractivity contribution in [3.8, 4) is 0 Å². The molecule has 1 aliphatic rings. The molecule has 15 heavy (non-hydrogen) atoms. The number of aliphatic hydroxyl groups is 1. The van der Waals surface area contributed by atoms with Gasteiger partial charge in [0.05, 0.1) is 6.10 Å². The summed E-state index contributed by atoms with van der Waals surface area (Å²) in [6.45, 7) is 0. The van der Waals surface area contributed by atoms with Crippen molar-refractivity contribution in [3.63, 3.8) is 0 Å². The first-order valence-electron chi connectivity index (χ1n) is 5.02. The van der Waals surface area contributed by atoms with Crippen LogP contribution in [0.1, 0.15) is 19.3 Å². The van der Waals surface area contributed by atoms with E-state index in [1.807, 2.05) is 19.0 Å². The highest BCUT2D eigenvalue weighted by atomic mass is 32.2. The van der Waals surface area contributed by atoms with Crippen molar-refractivity contribution in [3.05, 3.63) is 0 Å². The summed E-state index contributed by atoms with van der Waals surface area (Å²) in [4.78, 5) is 1.95. The third-order valence-electron chi connectivity index (χ3n) is 2.45. The largest absolute Gasteiger partial charge is 0.392 e. The van der Waals surface area contributed by atoms with E-state index in [-0.39, 0.29) is 6.10 Å². The van der Waals surface area contributed by atoms with Gasteiger partial charge >= 0.3 is 0 Å². The first kappa shape index (κ1) is 11.2. The second-order valence-electron chi connectivity index (χ2n) is 3.90. The van der Waals surface area contributed by atoms with Crippen LogP contribution in [0, 0.1) is 0 Å². The van der Waals surface area contributed by atoms with E-state index in [4.69, 9.17) is 0 Å². The zero-order valence-corrected chi connectivity index (χ0v) is 10.5. The molecule has 2 unspecified atom stereocenters. The first-order valence-corrected chi connectivity index (χ1v) is 6.72. The van der Waals surface area contributed by atoms with Gasteiger partial charge in [0, 0.05) is 19.3 Å². The van der Waals surface area contributed by atoms with Gasteiger partial charge in [0.15, 0.2) is 4.34 Å². The molecule has 2 rings (SSSR count). The molecule has 0 aromatic carbocycles. The lowest BCUT2D eigenvalue weighted by Crippen LogP contribution is -2.14. The van der Waals surface area contributed by atoms with Crippen LogP contribution >= 0.6 is 23.1 Å². The fourth-order valence-electron chi connectivity index (χ4n) is 1.60. The molecule has 1 saturated carbocycles. The highest BCUT2D eigenvalue weighted by molar-refractivity contribution is 8.01. The van der Waals surface area contributed by atoms with Gasteiger partial charge in [0.2, 0.25) is 5.13 Å². The van der Waals surface area contributed by atoms with Crippen LogP contribution in [0.3, 0.4) is 0 Å². The maximum Gasteiger partial charge on any atom is 0.208 e. The predicted molar refractivity (Wildman–Crippen MR) is 63.7 cm³/mol. The number of anilines is 1. The van der Waals surface area contributed by atoms with Crippen LogP contribution in [0.15, 0.2) is 4.34 Å². The lowest BCUT2D eigenvalue weighted by atomic mass is 10.3. The molecule has 0 spiro atoms. The predicted octanol–water partition coefficient (Wildman–Crippen LogP) is 1.61. The summed E-state index contributed by atoms with van der Waals surface area (Å²) in [6.07, 6.45) is 2.97. The fourth-order valence-corrected chi connectivity index (χ4v) is 3.82. The molecule has 1 aromatic rings. The molecule has 1 N–H and O–H groups in total. The summed E-state index contributed by atoms with van der Waals surface area (Å²) in [5.41, 5.74) is 0. The second kappa shape index (κ2) is 4.67. The van der Waals surface area contributed by atoms with Gasteiger partial charge in [-0.05, 0) is 19.3 Å². The normalized spacial score (nSPS) is 25.8. The van der Waals surface area contributed by atoms with E-state index in [0.717, 1.165) is 28.7 Å². The summed E-state index contributed by atoms with van der Waals surface area (Å²) in [5.74, 6) is 0. The molecule has 1 aliphatic carbocycles. The van der Waals surface area contributed by atoms with Gasteiger partial charge in [-0.3, -0.25) is 0 Å². The molecular weight excluding hydrogens is 230 g/mol. The standard InChI is InChI=1S/C9H15N3OS2/c1-12(2)8-10-11-9(15-8)14-7-5-3-4-6(7)13/h6-7,13H,3-5H2,1-2H3. The molecule has 1 fully saturated rings. The topological polar surface area (TPSA) is 49.2 Å². The van der Waals surface area contributed by atoms with Crippen molar-refractivity contribution < 1.29 is 5.11 Å². The van der Waals surface area contributed by atoms with E-state index >= 15 is 0 Å². The molecule has 2 atom stereocenters. The van der Waals surface area contributed by atoms with E-state index in [1.165, 1.54) is 0 Å². The average Bonchev–Trinajstić information content (AvgIpc) is 2.77. The molecule has 0 radical (unpaired) electrons. The molecule has 0 saturated heterocycles. The summed E-state index contributed by atoms with van der Waals surface area (Å²) in [5, 5.41) is 19.1. The van der Waals surface area contributed by atoms with E-state index in [0.29, 0.717) is 5.25 Å². The van der Waals surface area contributed by atoms with Gasteiger partial charge < -0.3 is 10.0 Å². The third-order valence-corrected chi connectivity index (χ3v) is 5.01. The Balaban J connectivity index is 1.98. The lowest BCUT2D eigenvalue weighted by molar-refractivity contribution is 0.188. The maximum atomic E-state index is 9.69. The molecular formula is C9H15N3OS2. The van der Waals surface area contributed by atoms with E-state index in [1.54, 1.807) is 23.1 Å². The first-order chi connectivity index (χ1) is 7.16. The number of thioether (sulfide) groups is 1. The Morgan fingerprint density at radius 3 is 2.73 bits per heavy atom. The van der Waals surface area contributed by atoms with Crippen molar-refractivity contribution in [1.29, 1.82) is 0 Å².